The van der Waals surface area contributed by atoms with E-state index in [4.69, 9.17) is 0 Å². The zero-order chi connectivity index (χ0) is 23.7. The number of nitrogens with zero attached hydrogens (tertiary/aromatic N) is 2. The quantitative estimate of drug-likeness (QED) is 0.306. The molecule has 0 unspecified atom stereocenters. The molecule has 0 saturated carbocycles. The molecule has 0 aliphatic rings. The first kappa shape index (κ1) is 21.5. The molecule has 0 bridgehead atoms. The largest absolute Gasteiger partial charge is 0.338 e. The van der Waals surface area contributed by atoms with Crippen LogP contribution in [-0.4, -0.2) is 26.8 Å². The third kappa shape index (κ3) is 4.55. The number of hydrogen-bond acceptors (Lipinski definition) is 5. The van der Waals surface area contributed by atoms with Crippen LogP contribution in [0.15, 0.2) is 72.9 Å². The third-order valence-electron chi connectivity index (χ3n) is 5.05. The molecule has 34 heavy (non-hydrogen) atoms. The summed E-state index contributed by atoms with van der Waals surface area (Å²) >= 11 is 1.10. The summed E-state index contributed by atoms with van der Waals surface area (Å²) in [6, 6.07) is 19.7. The second kappa shape index (κ2) is 8.87. The number of imidazole rings is 1. The number of hydrogen-bond donors (Lipinski definition) is 3. The minimum Gasteiger partial charge on any atom is -0.338 e. The molecule has 5 aromatic rings. The number of benzene rings is 3. The van der Waals surface area contributed by atoms with Gasteiger partial charge in [0.15, 0.2) is 5.13 Å². The molecule has 7 nitrogen and oxygen atoms in total. The van der Waals surface area contributed by atoms with Crippen molar-refractivity contribution in [3.05, 3.63) is 83.6 Å². The molecule has 0 saturated heterocycles. The standard InChI is InChI=1S/C25H18FN5O2S/c1-14(32)28-25-27-13-22(34-25)24(33)29-19-7-3-5-16(11-19)15-4-2-6-17(10-15)23-30-20-9-8-18(26)12-21(20)31-23/h2-13H,1H3,(H,29,33)(H,30,31)(H,27,28,32). The lowest BCUT2D eigenvalue weighted by Gasteiger charge is -2.08. The van der Waals surface area contributed by atoms with Crippen LogP contribution in [0.1, 0.15) is 16.6 Å². The van der Waals surface area contributed by atoms with Gasteiger partial charge in [0.05, 0.1) is 17.2 Å². The predicted octanol–water partition coefficient (Wildman–Crippen LogP) is 5.70. The van der Waals surface area contributed by atoms with Crippen molar-refractivity contribution in [1.82, 2.24) is 15.0 Å². The van der Waals surface area contributed by atoms with Crippen LogP contribution >= 0.6 is 11.3 Å². The number of amides is 2. The number of aromatic amines is 1. The molecule has 3 aromatic carbocycles. The van der Waals surface area contributed by atoms with Crippen molar-refractivity contribution in [1.29, 1.82) is 0 Å². The predicted molar refractivity (Wildman–Crippen MR) is 131 cm³/mol. The molecule has 0 aliphatic carbocycles. The number of thiazole rings is 1. The molecular weight excluding hydrogens is 453 g/mol. The average Bonchev–Trinajstić information content (AvgIpc) is 3.46. The molecule has 0 aliphatic heterocycles. The lowest BCUT2D eigenvalue weighted by Crippen LogP contribution is -2.10. The molecule has 2 amide bonds. The average molecular weight is 472 g/mol. The maximum absolute atomic E-state index is 13.5. The summed E-state index contributed by atoms with van der Waals surface area (Å²) in [4.78, 5) is 35.9. The van der Waals surface area contributed by atoms with Crippen molar-refractivity contribution >= 4 is 45.0 Å². The number of carbonyl (C=O) groups excluding carboxylic acids is 2. The molecule has 5 rings (SSSR count). The molecule has 3 N–H and O–H groups in total. The highest BCUT2D eigenvalue weighted by Crippen LogP contribution is 2.28. The van der Waals surface area contributed by atoms with Gasteiger partial charge in [0.25, 0.3) is 5.91 Å². The molecular formula is C25H18FN5O2S. The van der Waals surface area contributed by atoms with E-state index in [1.807, 2.05) is 42.5 Å². The van der Waals surface area contributed by atoms with Crippen LogP contribution < -0.4 is 10.6 Å². The summed E-state index contributed by atoms with van der Waals surface area (Å²) in [7, 11) is 0. The van der Waals surface area contributed by atoms with Gasteiger partial charge in [0.1, 0.15) is 16.5 Å². The van der Waals surface area contributed by atoms with Gasteiger partial charge in [0.2, 0.25) is 5.91 Å². The van der Waals surface area contributed by atoms with Crippen LogP contribution in [0.5, 0.6) is 0 Å². The van der Waals surface area contributed by atoms with E-state index in [9.17, 15) is 14.0 Å². The second-order valence-corrected chi connectivity index (χ2v) is 8.60. The van der Waals surface area contributed by atoms with E-state index in [1.54, 1.807) is 12.1 Å². The summed E-state index contributed by atoms with van der Waals surface area (Å²) in [5, 5.41) is 5.81. The van der Waals surface area contributed by atoms with Crippen LogP contribution in [0.4, 0.5) is 15.2 Å². The Kier molecular flexibility index (Phi) is 5.60. The number of H-pyrrole nitrogens is 1. The Bertz CT molecular complexity index is 1540. The smallest absolute Gasteiger partial charge is 0.267 e. The maximum Gasteiger partial charge on any atom is 0.267 e. The van der Waals surface area contributed by atoms with E-state index in [1.165, 1.54) is 25.3 Å². The Morgan fingerprint density at radius 3 is 2.53 bits per heavy atom. The molecule has 2 aromatic heterocycles. The first-order valence-electron chi connectivity index (χ1n) is 10.4. The molecule has 9 heteroatoms. The van der Waals surface area contributed by atoms with Crippen molar-refractivity contribution < 1.29 is 14.0 Å². The molecule has 0 radical (unpaired) electrons. The van der Waals surface area contributed by atoms with E-state index < -0.39 is 0 Å². The molecule has 2 heterocycles. The third-order valence-corrected chi connectivity index (χ3v) is 5.96. The highest BCUT2D eigenvalue weighted by Gasteiger charge is 2.13. The highest BCUT2D eigenvalue weighted by molar-refractivity contribution is 7.17. The van der Waals surface area contributed by atoms with Crippen molar-refractivity contribution in [2.24, 2.45) is 0 Å². The van der Waals surface area contributed by atoms with Crippen LogP contribution in [0, 0.1) is 5.82 Å². The number of fused-ring (bicyclic) bond motifs is 1. The van der Waals surface area contributed by atoms with Crippen LogP contribution in [0.25, 0.3) is 33.5 Å². The number of rotatable bonds is 5. The van der Waals surface area contributed by atoms with Gasteiger partial charge in [-0.05, 0) is 47.5 Å². The lowest BCUT2D eigenvalue weighted by molar-refractivity contribution is -0.114. The van der Waals surface area contributed by atoms with Gasteiger partial charge in [-0.2, -0.15) is 0 Å². The van der Waals surface area contributed by atoms with Gasteiger partial charge < -0.3 is 15.6 Å². The number of anilines is 2. The van der Waals surface area contributed by atoms with Crippen LogP contribution in [0.3, 0.4) is 0 Å². The van der Waals surface area contributed by atoms with E-state index >= 15 is 0 Å². The minimum absolute atomic E-state index is 0.244. The monoisotopic (exact) mass is 471 g/mol. The van der Waals surface area contributed by atoms with E-state index in [0.717, 1.165) is 28.0 Å². The van der Waals surface area contributed by atoms with Crippen LogP contribution in [0.2, 0.25) is 0 Å². The molecule has 0 atom stereocenters. The Morgan fingerprint density at radius 2 is 1.71 bits per heavy atom. The molecule has 168 valence electrons. The topological polar surface area (TPSA) is 99.8 Å². The van der Waals surface area contributed by atoms with E-state index in [0.29, 0.717) is 32.6 Å². The van der Waals surface area contributed by atoms with Crippen molar-refractivity contribution in [2.75, 3.05) is 10.6 Å². The van der Waals surface area contributed by atoms with Gasteiger partial charge in [-0.25, -0.2) is 14.4 Å². The Labute approximate surface area is 197 Å². The van der Waals surface area contributed by atoms with Crippen molar-refractivity contribution in [3.8, 4) is 22.5 Å². The van der Waals surface area contributed by atoms with Gasteiger partial charge in [-0.3, -0.25) is 9.59 Å². The number of aromatic nitrogens is 3. The fraction of sp³-hybridized carbons (Fsp3) is 0.0400. The summed E-state index contributed by atoms with van der Waals surface area (Å²) in [6.45, 7) is 1.38. The summed E-state index contributed by atoms with van der Waals surface area (Å²) < 4.78 is 13.5. The lowest BCUT2D eigenvalue weighted by atomic mass is 10.0. The fourth-order valence-corrected chi connectivity index (χ4v) is 4.28. The highest BCUT2D eigenvalue weighted by atomic mass is 32.1. The van der Waals surface area contributed by atoms with Gasteiger partial charge in [-0.15, -0.1) is 0 Å². The first-order chi connectivity index (χ1) is 16.4. The second-order valence-electron chi connectivity index (χ2n) is 7.57. The zero-order valence-electron chi connectivity index (χ0n) is 17.9. The van der Waals surface area contributed by atoms with Crippen LogP contribution in [-0.2, 0) is 4.79 Å². The summed E-state index contributed by atoms with van der Waals surface area (Å²) in [5.41, 5.74) is 4.65. The zero-order valence-corrected chi connectivity index (χ0v) is 18.7. The Hall–Kier alpha value is -4.37. The minimum atomic E-state index is -0.319. The van der Waals surface area contributed by atoms with Gasteiger partial charge >= 0.3 is 0 Å². The normalized spacial score (nSPS) is 10.9. The van der Waals surface area contributed by atoms with Gasteiger partial charge in [-0.1, -0.05) is 41.7 Å². The maximum atomic E-state index is 13.5. The summed E-state index contributed by atoms with van der Waals surface area (Å²) in [5.74, 6) is -0.229. The van der Waals surface area contributed by atoms with Crippen molar-refractivity contribution in [2.45, 2.75) is 6.92 Å². The first-order valence-corrected chi connectivity index (χ1v) is 11.2. The Morgan fingerprint density at radius 1 is 0.941 bits per heavy atom. The SMILES string of the molecule is CC(=O)Nc1ncc(C(=O)Nc2cccc(-c3cccc(-c4nc5ccc(F)cc5[nH]4)c3)c2)s1. The number of nitrogens with one attached hydrogen (secondary N) is 3. The number of carbonyl (C=O) groups is 2. The van der Waals surface area contributed by atoms with E-state index in [-0.39, 0.29) is 17.6 Å². The summed E-state index contributed by atoms with van der Waals surface area (Å²) in [6.07, 6.45) is 1.43. The fourth-order valence-electron chi connectivity index (χ4n) is 3.52. The Balaban J connectivity index is 1.38. The van der Waals surface area contributed by atoms with Gasteiger partial charge in [0, 0.05) is 18.2 Å². The number of halogens is 1. The molecule has 0 spiro atoms. The molecule has 0 fully saturated rings. The van der Waals surface area contributed by atoms with Crippen molar-refractivity contribution in [3.63, 3.8) is 0 Å². The van der Waals surface area contributed by atoms with E-state index in [2.05, 4.69) is 25.6 Å².